The smallest absolute Gasteiger partial charge is 0.258 e. The number of carbonyl (C=O) groups excluding carboxylic acids is 4. The molecule has 6 nitrogen and oxygen atoms in total. The second-order valence-electron chi connectivity index (χ2n) is 4.46. The Balaban J connectivity index is 2.10. The molecule has 0 spiro atoms. The SMILES string of the molecule is O=C1C=CC(=O)N1c1ccccc1N1C(=O)CCC1=O. The summed E-state index contributed by atoms with van der Waals surface area (Å²) in [5, 5.41) is 0. The van der Waals surface area contributed by atoms with Crippen LogP contribution in [0.2, 0.25) is 0 Å². The van der Waals surface area contributed by atoms with Crippen LogP contribution in [0.3, 0.4) is 0 Å². The molecular formula is C14H10N2O4. The van der Waals surface area contributed by atoms with Crippen LogP contribution < -0.4 is 9.80 Å². The van der Waals surface area contributed by atoms with Crippen molar-refractivity contribution >= 4 is 35.0 Å². The molecule has 0 saturated carbocycles. The van der Waals surface area contributed by atoms with Crippen LogP contribution in [0.15, 0.2) is 36.4 Å². The van der Waals surface area contributed by atoms with Crippen molar-refractivity contribution in [3.05, 3.63) is 36.4 Å². The van der Waals surface area contributed by atoms with Crippen LogP contribution in [-0.2, 0) is 19.2 Å². The largest absolute Gasteiger partial charge is 0.274 e. The molecule has 1 aromatic rings. The van der Waals surface area contributed by atoms with Crippen LogP contribution in [0.4, 0.5) is 11.4 Å². The highest BCUT2D eigenvalue weighted by Crippen LogP contribution is 2.34. The maximum atomic E-state index is 11.8. The zero-order chi connectivity index (χ0) is 14.3. The molecule has 2 aliphatic heterocycles. The van der Waals surface area contributed by atoms with Crippen molar-refractivity contribution in [2.24, 2.45) is 0 Å². The minimum atomic E-state index is -0.485. The summed E-state index contributed by atoms with van der Waals surface area (Å²) in [6.07, 6.45) is 2.61. The molecule has 4 amide bonds. The fourth-order valence-electron chi connectivity index (χ4n) is 2.33. The lowest BCUT2D eigenvalue weighted by Crippen LogP contribution is -2.34. The number of imide groups is 2. The molecule has 20 heavy (non-hydrogen) atoms. The van der Waals surface area contributed by atoms with E-state index < -0.39 is 11.8 Å². The van der Waals surface area contributed by atoms with Crippen LogP contribution >= 0.6 is 0 Å². The summed E-state index contributed by atoms with van der Waals surface area (Å²) in [7, 11) is 0. The predicted molar refractivity (Wildman–Crippen MR) is 69.8 cm³/mol. The monoisotopic (exact) mass is 270 g/mol. The van der Waals surface area contributed by atoms with Crippen molar-refractivity contribution in [3.63, 3.8) is 0 Å². The fraction of sp³-hybridized carbons (Fsp3) is 0.143. The van der Waals surface area contributed by atoms with E-state index in [1.807, 2.05) is 0 Å². The van der Waals surface area contributed by atoms with Crippen molar-refractivity contribution < 1.29 is 19.2 Å². The van der Waals surface area contributed by atoms with Gasteiger partial charge in [-0.3, -0.25) is 19.2 Å². The molecule has 1 saturated heterocycles. The van der Waals surface area contributed by atoms with Gasteiger partial charge >= 0.3 is 0 Å². The van der Waals surface area contributed by atoms with Gasteiger partial charge in [-0.1, -0.05) is 12.1 Å². The normalized spacial score (nSPS) is 18.6. The van der Waals surface area contributed by atoms with E-state index in [0.717, 1.165) is 22.0 Å². The second-order valence-corrected chi connectivity index (χ2v) is 4.46. The lowest BCUT2D eigenvalue weighted by atomic mass is 10.2. The Labute approximate surface area is 114 Å². The van der Waals surface area contributed by atoms with E-state index in [9.17, 15) is 19.2 Å². The second kappa shape index (κ2) is 4.41. The molecule has 0 atom stereocenters. The molecule has 1 aromatic carbocycles. The number of rotatable bonds is 2. The Morgan fingerprint density at radius 2 is 1.15 bits per heavy atom. The number of benzene rings is 1. The molecule has 0 unspecified atom stereocenters. The van der Waals surface area contributed by atoms with Gasteiger partial charge in [0.2, 0.25) is 11.8 Å². The van der Waals surface area contributed by atoms with Gasteiger partial charge in [0.05, 0.1) is 11.4 Å². The zero-order valence-corrected chi connectivity index (χ0v) is 10.4. The van der Waals surface area contributed by atoms with Crippen LogP contribution in [0, 0.1) is 0 Å². The van der Waals surface area contributed by atoms with Gasteiger partial charge in [-0.25, -0.2) is 9.80 Å². The van der Waals surface area contributed by atoms with Crippen molar-refractivity contribution in [3.8, 4) is 0 Å². The number of para-hydroxylation sites is 2. The highest BCUT2D eigenvalue weighted by molar-refractivity contribution is 6.31. The van der Waals surface area contributed by atoms with Gasteiger partial charge in [-0.05, 0) is 12.1 Å². The summed E-state index contributed by atoms with van der Waals surface area (Å²) in [5.41, 5.74) is 0.515. The minimum absolute atomic E-state index is 0.146. The molecule has 0 aliphatic carbocycles. The van der Waals surface area contributed by atoms with Crippen LogP contribution in [-0.4, -0.2) is 23.6 Å². The first-order valence-corrected chi connectivity index (χ1v) is 6.10. The van der Waals surface area contributed by atoms with Gasteiger partial charge in [0.1, 0.15) is 0 Å². The summed E-state index contributed by atoms with van der Waals surface area (Å²) >= 11 is 0. The first kappa shape index (κ1) is 12.3. The average molecular weight is 270 g/mol. The van der Waals surface area contributed by atoms with Gasteiger partial charge in [0.15, 0.2) is 0 Å². The standard InChI is InChI=1S/C14H10N2O4/c17-11-5-6-12(18)15(11)9-3-1-2-4-10(9)16-13(19)7-8-14(16)20/h1-6H,7-8H2. The van der Waals surface area contributed by atoms with E-state index >= 15 is 0 Å². The van der Waals surface area contributed by atoms with Crippen molar-refractivity contribution in [2.75, 3.05) is 9.80 Å². The van der Waals surface area contributed by atoms with Crippen LogP contribution in [0.1, 0.15) is 12.8 Å². The summed E-state index contributed by atoms with van der Waals surface area (Å²) in [4.78, 5) is 49.1. The molecule has 0 N–H and O–H groups in total. The van der Waals surface area contributed by atoms with Gasteiger partial charge < -0.3 is 0 Å². The molecule has 0 radical (unpaired) electrons. The quantitative estimate of drug-likeness (QED) is 0.744. The molecule has 0 aromatic heterocycles. The Kier molecular flexibility index (Phi) is 2.71. The van der Waals surface area contributed by atoms with Gasteiger partial charge in [0.25, 0.3) is 11.8 Å². The number of amides is 4. The van der Waals surface area contributed by atoms with E-state index in [4.69, 9.17) is 0 Å². The van der Waals surface area contributed by atoms with Crippen molar-refractivity contribution in [2.45, 2.75) is 12.8 Å². The van der Waals surface area contributed by atoms with E-state index in [1.165, 1.54) is 6.07 Å². The molecular weight excluding hydrogens is 260 g/mol. The molecule has 2 heterocycles. The third kappa shape index (κ3) is 1.73. The fourth-order valence-corrected chi connectivity index (χ4v) is 2.33. The van der Waals surface area contributed by atoms with E-state index in [2.05, 4.69) is 0 Å². The Bertz CT molecular complexity index is 623. The number of anilines is 2. The third-order valence-corrected chi connectivity index (χ3v) is 3.22. The Hall–Kier alpha value is -2.76. The molecule has 100 valence electrons. The van der Waals surface area contributed by atoms with E-state index in [0.29, 0.717) is 0 Å². The minimum Gasteiger partial charge on any atom is -0.274 e. The highest BCUT2D eigenvalue weighted by atomic mass is 16.2. The van der Waals surface area contributed by atoms with Gasteiger partial charge in [-0.2, -0.15) is 0 Å². The lowest BCUT2D eigenvalue weighted by molar-refractivity contribution is -0.122. The number of hydrogen-bond acceptors (Lipinski definition) is 4. The summed E-state index contributed by atoms with van der Waals surface area (Å²) in [6, 6.07) is 6.38. The summed E-state index contributed by atoms with van der Waals surface area (Å²) < 4.78 is 0. The lowest BCUT2D eigenvalue weighted by Gasteiger charge is -2.22. The average Bonchev–Trinajstić information content (AvgIpc) is 2.93. The van der Waals surface area contributed by atoms with Gasteiger partial charge in [-0.15, -0.1) is 0 Å². The zero-order valence-electron chi connectivity index (χ0n) is 10.4. The Morgan fingerprint density at radius 1 is 0.700 bits per heavy atom. The first-order chi connectivity index (χ1) is 9.59. The topological polar surface area (TPSA) is 74.8 Å². The molecule has 1 fully saturated rings. The number of carbonyl (C=O) groups is 4. The number of nitrogens with zero attached hydrogens (tertiary/aromatic N) is 2. The highest BCUT2D eigenvalue weighted by Gasteiger charge is 2.35. The summed E-state index contributed by atoms with van der Waals surface area (Å²) in [5.74, 6) is -1.62. The molecule has 3 rings (SSSR count). The van der Waals surface area contributed by atoms with Gasteiger partial charge in [0, 0.05) is 25.0 Å². The molecule has 0 bridgehead atoms. The van der Waals surface area contributed by atoms with Crippen molar-refractivity contribution in [1.82, 2.24) is 0 Å². The molecule has 2 aliphatic rings. The molecule has 6 heteroatoms. The maximum absolute atomic E-state index is 11.8. The Morgan fingerprint density at radius 3 is 1.65 bits per heavy atom. The van der Waals surface area contributed by atoms with E-state index in [-0.39, 0.29) is 36.0 Å². The van der Waals surface area contributed by atoms with E-state index in [1.54, 1.807) is 18.2 Å². The van der Waals surface area contributed by atoms with Crippen LogP contribution in [0.25, 0.3) is 0 Å². The number of hydrogen-bond donors (Lipinski definition) is 0. The van der Waals surface area contributed by atoms with Crippen molar-refractivity contribution in [1.29, 1.82) is 0 Å². The van der Waals surface area contributed by atoms with Crippen LogP contribution in [0.5, 0.6) is 0 Å². The first-order valence-electron chi connectivity index (χ1n) is 6.10. The predicted octanol–water partition coefficient (Wildman–Crippen LogP) is 0.769. The third-order valence-electron chi connectivity index (χ3n) is 3.22. The summed E-state index contributed by atoms with van der Waals surface area (Å²) in [6.45, 7) is 0. The maximum Gasteiger partial charge on any atom is 0.258 e.